The van der Waals surface area contributed by atoms with E-state index in [4.69, 9.17) is 0 Å². The number of nitro groups is 1. The maximum Gasteiger partial charge on any atom is 0.271 e. The molecule has 0 fully saturated rings. The van der Waals surface area contributed by atoms with Crippen LogP contribution in [0.5, 0.6) is 0 Å². The van der Waals surface area contributed by atoms with Crippen LogP contribution in [0.1, 0.15) is 12.5 Å². The van der Waals surface area contributed by atoms with E-state index in [0.717, 1.165) is 5.56 Å². The third-order valence-corrected chi connectivity index (χ3v) is 1.67. The van der Waals surface area contributed by atoms with Crippen LogP contribution in [0, 0.1) is 17.0 Å². The Kier molecular flexibility index (Phi) is 2.74. The van der Waals surface area contributed by atoms with Crippen molar-refractivity contribution in [3.05, 3.63) is 33.9 Å². The summed E-state index contributed by atoms with van der Waals surface area (Å²) >= 11 is 0. The second-order valence-corrected chi connectivity index (χ2v) is 2.62. The fourth-order valence-corrected chi connectivity index (χ4v) is 0.990. The zero-order chi connectivity index (χ0) is 9.84. The summed E-state index contributed by atoms with van der Waals surface area (Å²) in [5.41, 5.74) is 1.66. The minimum absolute atomic E-state index is 0.0752. The first-order chi connectivity index (χ1) is 6.15. The first-order valence-electron chi connectivity index (χ1n) is 3.89. The van der Waals surface area contributed by atoms with Crippen molar-refractivity contribution in [1.29, 1.82) is 0 Å². The standard InChI is InChI=1S/C9H10N2O2/c1-3-10-9-6-8(11(12)13)5-4-7(9)2/h3-6H,1-2H3/b10-3-. The zero-order valence-corrected chi connectivity index (χ0v) is 7.52. The summed E-state index contributed by atoms with van der Waals surface area (Å²) in [6.45, 7) is 3.64. The summed E-state index contributed by atoms with van der Waals surface area (Å²) in [7, 11) is 0. The summed E-state index contributed by atoms with van der Waals surface area (Å²) in [5, 5.41) is 10.4. The molecule has 0 aliphatic carbocycles. The lowest BCUT2D eigenvalue weighted by Crippen LogP contribution is -1.87. The van der Waals surface area contributed by atoms with Crippen LogP contribution in [0.2, 0.25) is 0 Å². The van der Waals surface area contributed by atoms with Gasteiger partial charge in [0.1, 0.15) is 0 Å². The molecule has 4 heteroatoms. The molecule has 0 aliphatic heterocycles. The number of hydrogen-bond donors (Lipinski definition) is 0. The predicted molar refractivity (Wildman–Crippen MR) is 51.7 cm³/mol. The molecule has 0 aliphatic rings. The monoisotopic (exact) mass is 178 g/mol. The van der Waals surface area contributed by atoms with Gasteiger partial charge in [0.25, 0.3) is 5.69 Å². The van der Waals surface area contributed by atoms with Gasteiger partial charge in [0.2, 0.25) is 0 Å². The van der Waals surface area contributed by atoms with Crippen LogP contribution >= 0.6 is 0 Å². The Balaban J connectivity index is 3.18. The fourth-order valence-electron chi connectivity index (χ4n) is 0.990. The molecule has 0 aromatic heterocycles. The third-order valence-electron chi connectivity index (χ3n) is 1.67. The number of benzene rings is 1. The quantitative estimate of drug-likeness (QED) is 0.397. The largest absolute Gasteiger partial charge is 0.271 e. The summed E-state index contributed by atoms with van der Waals surface area (Å²) in [4.78, 5) is 14.0. The molecule has 0 atom stereocenters. The molecule has 0 N–H and O–H groups in total. The lowest BCUT2D eigenvalue weighted by molar-refractivity contribution is -0.384. The van der Waals surface area contributed by atoms with Gasteiger partial charge in [-0.05, 0) is 19.4 Å². The van der Waals surface area contributed by atoms with Crippen molar-refractivity contribution in [3.63, 3.8) is 0 Å². The van der Waals surface area contributed by atoms with Gasteiger partial charge >= 0.3 is 0 Å². The van der Waals surface area contributed by atoms with Crippen molar-refractivity contribution in [1.82, 2.24) is 0 Å². The molecule has 4 nitrogen and oxygen atoms in total. The molecular weight excluding hydrogens is 168 g/mol. The van der Waals surface area contributed by atoms with Gasteiger partial charge in [-0.25, -0.2) is 0 Å². The summed E-state index contributed by atoms with van der Waals surface area (Å²) in [5.74, 6) is 0. The minimum Gasteiger partial charge on any atom is -0.261 e. The van der Waals surface area contributed by atoms with Crippen LogP contribution in [-0.2, 0) is 0 Å². The lowest BCUT2D eigenvalue weighted by Gasteiger charge is -1.98. The van der Waals surface area contributed by atoms with Gasteiger partial charge in [0, 0.05) is 18.3 Å². The van der Waals surface area contributed by atoms with Crippen LogP contribution in [0.3, 0.4) is 0 Å². The average molecular weight is 178 g/mol. The molecule has 0 unspecified atom stereocenters. The lowest BCUT2D eigenvalue weighted by atomic mass is 10.2. The molecule has 0 radical (unpaired) electrons. The van der Waals surface area contributed by atoms with Gasteiger partial charge in [-0.2, -0.15) is 0 Å². The topological polar surface area (TPSA) is 55.5 Å². The molecule has 0 amide bonds. The summed E-state index contributed by atoms with van der Waals surface area (Å²) < 4.78 is 0. The Bertz CT molecular complexity index is 359. The van der Waals surface area contributed by atoms with Crippen molar-refractivity contribution in [2.45, 2.75) is 13.8 Å². The van der Waals surface area contributed by atoms with Gasteiger partial charge in [0.15, 0.2) is 0 Å². The first kappa shape index (κ1) is 9.38. The van der Waals surface area contributed by atoms with E-state index in [0.29, 0.717) is 5.69 Å². The normalized spacial score (nSPS) is 10.6. The van der Waals surface area contributed by atoms with Crippen LogP contribution in [0.4, 0.5) is 11.4 Å². The van der Waals surface area contributed by atoms with E-state index in [2.05, 4.69) is 4.99 Å². The molecule has 1 aromatic carbocycles. The number of hydrogen-bond acceptors (Lipinski definition) is 3. The molecule has 1 aromatic rings. The van der Waals surface area contributed by atoms with Gasteiger partial charge in [-0.3, -0.25) is 15.1 Å². The van der Waals surface area contributed by atoms with Crippen LogP contribution in [-0.4, -0.2) is 11.1 Å². The van der Waals surface area contributed by atoms with Gasteiger partial charge in [-0.15, -0.1) is 0 Å². The Hall–Kier alpha value is -1.71. The highest BCUT2D eigenvalue weighted by Gasteiger charge is 2.06. The Labute approximate surface area is 76.1 Å². The summed E-state index contributed by atoms with van der Waals surface area (Å²) in [6, 6.07) is 4.64. The smallest absolute Gasteiger partial charge is 0.261 e. The van der Waals surface area contributed by atoms with E-state index in [9.17, 15) is 10.1 Å². The van der Waals surface area contributed by atoms with Crippen molar-refractivity contribution < 1.29 is 4.92 Å². The molecule has 0 saturated carbocycles. The maximum atomic E-state index is 10.4. The predicted octanol–water partition coefficient (Wildman–Crippen LogP) is 2.63. The molecular formula is C9H10N2O2. The number of nitrogens with zero attached hydrogens (tertiary/aromatic N) is 2. The summed E-state index contributed by atoms with van der Waals surface area (Å²) in [6.07, 6.45) is 1.62. The zero-order valence-electron chi connectivity index (χ0n) is 7.52. The number of rotatable bonds is 2. The van der Waals surface area contributed by atoms with Crippen molar-refractivity contribution in [2.75, 3.05) is 0 Å². The van der Waals surface area contributed by atoms with Gasteiger partial charge < -0.3 is 0 Å². The van der Waals surface area contributed by atoms with Gasteiger partial charge in [0.05, 0.1) is 10.6 Å². The third kappa shape index (κ3) is 2.11. The van der Waals surface area contributed by atoms with E-state index in [-0.39, 0.29) is 5.69 Å². The number of non-ortho nitro benzene ring substituents is 1. The highest BCUT2D eigenvalue weighted by Crippen LogP contribution is 2.23. The molecule has 68 valence electrons. The van der Waals surface area contributed by atoms with E-state index in [1.54, 1.807) is 19.2 Å². The Morgan fingerprint density at radius 2 is 2.23 bits per heavy atom. The molecule has 0 bridgehead atoms. The highest BCUT2D eigenvalue weighted by atomic mass is 16.6. The number of nitro benzene ring substituents is 1. The van der Waals surface area contributed by atoms with Gasteiger partial charge in [-0.1, -0.05) is 6.07 Å². The SMILES string of the molecule is C/C=N\c1cc([N+](=O)[O-])ccc1C. The van der Waals surface area contributed by atoms with E-state index < -0.39 is 4.92 Å². The molecule has 0 spiro atoms. The number of aryl methyl sites for hydroxylation is 1. The van der Waals surface area contributed by atoms with E-state index in [1.807, 2.05) is 6.92 Å². The van der Waals surface area contributed by atoms with Crippen molar-refractivity contribution >= 4 is 17.6 Å². The second-order valence-electron chi connectivity index (χ2n) is 2.62. The second kappa shape index (κ2) is 3.80. The van der Waals surface area contributed by atoms with Crippen LogP contribution in [0.25, 0.3) is 0 Å². The molecule has 0 saturated heterocycles. The first-order valence-corrected chi connectivity index (χ1v) is 3.89. The van der Waals surface area contributed by atoms with Crippen LogP contribution < -0.4 is 0 Å². The fraction of sp³-hybridized carbons (Fsp3) is 0.222. The van der Waals surface area contributed by atoms with E-state index >= 15 is 0 Å². The molecule has 0 heterocycles. The Morgan fingerprint density at radius 1 is 1.54 bits per heavy atom. The van der Waals surface area contributed by atoms with Crippen molar-refractivity contribution in [3.8, 4) is 0 Å². The van der Waals surface area contributed by atoms with Crippen molar-refractivity contribution in [2.24, 2.45) is 4.99 Å². The average Bonchev–Trinajstić information content (AvgIpc) is 2.08. The van der Waals surface area contributed by atoms with E-state index in [1.165, 1.54) is 12.1 Å². The van der Waals surface area contributed by atoms with Crippen LogP contribution in [0.15, 0.2) is 23.2 Å². The highest BCUT2D eigenvalue weighted by molar-refractivity contribution is 5.64. The Morgan fingerprint density at radius 3 is 2.77 bits per heavy atom. The number of aliphatic imine (C=N–C) groups is 1. The maximum absolute atomic E-state index is 10.4. The minimum atomic E-state index is -0.422. The molecule has 13 heavy (non-hydrogen) atoms. The molecule has 1 rings (SSSR count).